The lowest BCUT2D eigenvalue weighted by molar-refractivity contribution is 0.0917. The summed E-state index contributed by atoms with van der Waals surface area (Å²) in [5, 5.41) is 0. The van der Waals surface area contributed by atoms with Crippen molar-refractivity contribution in [1.82, 2.24) is 4.57 Å². The number of benzene rings is 1. The van der Waals surface area contributed by atoms with Gasteiger partial charge in [0.25, 0.3) is 0 Å². The Balaban J connectivity index is 2.12. The van der Waals surface area contributed by atoms with Gasteiger partial charge in [-0.2, -0.15) is 0 Å². The van der Waals surface area contributed by atoms with Crippen LogP contribution in [0.25, 0.3) is 0 Å². The molecule has 0 aliphatic rings. The lowest BCUT2D eigenvalue weighted by Gasteiger charge is -2.07. The van der Waals surface area contributed by atoms with E-state index >= 15 is 0 Å². The van der Waals surface area contributed by atoms with Crippen LogP contribution in [-0.2, 0) is 7.05 Å². The Morgan fingerprint density at radius 1 is 1.25 bits per heavy atom. The molecule has 0 spiro atoms. The maximum atomic E-state index is 13.4. The number of rotatable bonds is 4. The predicted molar refractivity (Wildman–Crippen MR) is 71.1 cm³/mol. The Morgan fingerprint density at radius 2 is 1.95 bits per heavy atom. The van der Waals surface area contributed by atoms with Crippen molar-refractivity contribution in [3.05, 3.63) is 52.9 Å². The molecule has 1 aromatic carbocycles. The summed E-state index contributed by atoms with van der Waals surface area (Å²) < 4.78 is 33.3. The van der Waals surface area contributed by atoms with Gasteiger partial charge in [-0.05, 0) is 32.0 Å². The smallest absolute Gasteiger partial charge is 0.202 e. The van der Waals surface area contributed by atoms with Crippen molar-refractivity contribution in [3.63, 3.8) is 0 Å². The fourth-order valence-electron chi connectivity index (χ4n) is 1.95. The molecule has 3 nitrogen and oxygen atoms in total. The molecule has 0 amide bonds. The number of halogens is 2. The first kappa shape index (κ1) is 14.2. The molecule has 0 aliphatic carbocycles. The number of carbonyl (C=O) groups is 1. The van der Waals surface area contributed by atoms with Crippen LogP contribution in [-0.4, -0.2) is 17.0 Å². The lowest BCUT2D eigenvalue weighted by atomic mass is 10.1. The zero-order valence-corrected chi connectivity index (χ0v) is 11.5. The molecular weight excluding hydrogens is 264 g/mol. The normalized spacial score (nSPS) is 10.7. The second-order valence-electron chi connectivity index (χ2n) is 4.63. The Kier molecular flexibility index (Phi) is 3.88. The standard InChI is InChI=1S/C15H15F2NO2/c1-9-6-12(10(2)18(9)3)14(19)8-20-15-7-11(16)4-5-13(15)17/h4-7H,8H2,1-3H3. The van der Waals surface area contributed by atoms with Crippen molar-refractivity contribution in [2.75, 3.05) is 6.61 Å². The van der Waals surface area contributed by atoms with E-state index in [1.807, 2.05) is 25.5 Å². The van der Waals surface area contributed by atoms with E-state index in [0.29, 0.717) is 5.56 Å². The number of ketones is 1. The van der Waals surface area contributed by atoms with Crippen molar-refractivity contribution in [2.45, 2.75) is 13.8 Å². The Bertz CT molecular complexity index is 662. The molecule has 0 saturated heterocycles. The summed E-state index contributed by atoms with van der Waals surface area (Å²) in [4.78, 5) is 12.0. The zero-order valence-electron chi connectivity index (χ0n) is 11.5. The van der Waals surface area contributed by atoms with Crippen molar-refractivity contribution in [3.8, 4) is 5.75 Å². The van der Waals surface area contributed by atoms with Gasteiger partial charge in [0, 0.05) is 30.1 Å². The molecule has 0 radical (unpaired) electrons. The highest BCUT2D eigenvalue weighted by Gasteiger charge is 2.15. The minimum Gasteiger partial charge on any atom is -0.482 e. The first-order valence-electron chi connectivity index (χ1n) is 6.14. The SMILES string of the molecule is Cc1cc(C(=O)COc2cc(F)ccc2F)c(C)n1C. The van der Waals surface area contributed by atoms with Gasteiger partial charge in [0.2, 0.25) is 5.78 Å². The van der Waals surface area contributed by atoms with Crippen molar-refractivity contribution in [2.24, 2.45) is 7.05 Å². The van der Waals surface area contributed by atoms with E-state index in [0.717, 1.165) is 29.6 Å². The minimum atomic E-state index is -0.694. The largest absolute Gasteiger partial charge is 0.482 e. The van der Waals surface area contributed by atoms with E-state index in [-0.39, 0.29) is 18.1 Å². The van der Waals surface area contributed by atoms with E-state index in [9.17, 15) is 13.6 Å². The average Bonchev–Trinajstić information content (AvgIpc) is 2.67. The fourth-order valence-corrected chi connectivity index (χ4v) is 1.95. The molecule has 0 atom stereocenters. The maximum absolute atomic E-state index is 13.4. The zero-order chi connectivity index (χ0) is 14.9. The third-order valence-electron chi connectivity index (χ3n) is 3.33. The number of hydrogen-bond donors (Lipinski definition) is 0. The minimum absolute atomic E-state index is 0.261. The number of hydrogen-bond acceptors (Lipinski definition) is 2. The molecule has 0 aliphatic heterocycles. The molecule has 1 aromatic heterocycles. The van der Waals surface area contributed by atoms with Crippen LogP contribution in [0.5, 0.6) is 5.75 Å². The summed E-state index contributed by atoms with van der Waals surface area (Å²) in [6.07, 6.45) is 0. The second kappa shape index (κ2) is 5.45. The molecule has 2 aromatic rings. The molecule has 1 heterocycles. The highest BCUT2D eigenvalue weighted by Crippen LogP contribution is 2.19. The van der Waals surface area contributed by atoms with Gasteiger partial charge in [-0.25, -0.2) is 8.78 Å². The van der Waals surface area contributed by atoms with Gasteiger partial charge in [0.15, 0.2) is 18.2 Å². The van der Waals surface area contributed by atoms with Crippen LogP contribution in [0.4, 0.5) is 8.78 Å². The number of Topliss-reactive ketones (excluding diaryl/α,β-unsaturated/α-hetero) is 1. The first-order valence-corrected chi connectivity index (χ1v) is 6.14. The first-order chi connectivity index (χ1) is 9.40. The topological polar surface area (TPSA) is 31.2 Å². The third-order valence-corrected chi connectivity index (χ3v) is 3.33. The molecule has 0 N–H and O–H groups in total. The number of ether oxygens (including phenoxy) is 1. The monoisotopic (exact) mass is 279 g/mol. The van der Waals surface area contributed by atoms with E-state index in [4.69, 9.17) is 4.74 Å². The Morgan fingerprint density at radius 3 is 2.55 bits per heavy atom. The highest BCUT2D eigenvalue weighted by atomic mass is 19.1. The summed E-state index contributed by atoms with van der Waals surface area (Å²) in [6.45, 7) is 3.38. The van der Waals surface area contributed by atoms with Crippen LogP contribution in [0.1, 0.15) is 21.7 Å². The van der Waals surface area contributed by atoms with Crippen LogP contribution < -0.4 is 4.74 Å². The van der Waals surface area contributed by atoms with Crippen LogP contribution >= 0.6 is 0 Å². The van der Waals surface area contributed by atoms with E-state index in [1.54, 1.807) is 6.07 Å². The number of nitrogens with zero attached hydrogens (tertiary/aromatic N) is 1. The number of aromatic nitrogens is 1. The second-order valence-corrected chi connectivity index (χ2v) is 4.63. The number of carbonyl (C=O) groups excluding carboxylic acids is 1. The summed E-state index contributed by atoms with van der Waals surface area (Å²) in [6, 6.07) is 4.64. The predicted octanol–water partition coefficient (Wildman–Crippen LogP) is 3.18. The number of aryl methyl sites for hydroxylation is 1. The molecular formula is C15H15F2NO2. The van der Waals surface area contributed by atoms with E-state index < -0.39 is 11.6 Å². The van der Waals surface area contributed by atoms with Crippen LogP contribution in [0.15, 0.2) is 24.3 Å². The Hall–Kier alpha value is -2.17. The summed E-state index contributed by atoms with van der Waals surface area (Å²) in [5.74, 6) is -1.83. The maximum Gasteiger partial charge on any atom is 0.202 e. The van der Waals surface area contributed by atoms with Crippen molar-refractivity contribution in [1.29, 1.82) is 0 Å². The molecule has 2 rings (SSSR count). The van der Waals surface area contributed by atoms with Gasteiger partial charge >= 0.3 is 0 Å². The van der Waals surface area contributed by atoms with Gasteiger partial charge < -0.3 is 9.30 Å². The van der Waals surface area contributed by atoms with Gasteiger partial charge in [-0.15, -0.1) is 0 Å². The average molecular weight is 279 g/mol. The molecule has 0 bridgehead atoms. The molecule has 106 valence electrons. The summed E-state index contributed by atoms with van der Waals surface area (Å²) in [5.41, 5.74) is 2.29. The quantitative estimate of drug-likeness (QED) is 0.805. The van der Waals surface area contributed by atoms with Crippen LogP contribution in [0.3, 0.4) is 0 Å². The third kappa shape index (κ3) is 2.71. The van der Waals surface area contributed by atoms with Gasteiger partial charge in [-0.3, -0.25) is 4.79 Å². The van der Waals surface area contributed by atoms with Crippen molar-refractivity contribution < 1.29 is 18.3 Å². The summed E-state index contributed by atoms with van der Waals surface area (Å²) in [7, 11) is 1.86. The molecule has 0 saturated carbocycles. The van der Waals surface area contributed by atoms with Gasteiger partial charge in [0.1, 0.15) is 5.82 Å². The summed E-state index contributed by atoms with van der Waals surface area (Å²) >= 11 is 0. The van der Waals surface area contributed by atoms with Crippen molar-refractivity contribution >= 4 is 5.78 Å². The molecule has 5 heteroatoms. The molecule has 0 fully saturated rings. The highest BCUT2D eigenvalue weighted by molar-refractivity contribution is 5.98. The van der Waals surface area contributed by atoms with Crippen LogP contribution in [0, 0.1) is 25.5 Å². The fraction of sp³-hybridized carbons (Fsp3) is 0.267. The van der Waals surface area contributed by atoms with Gasteiger partial charge in [-0.1, -0.05) is 0 Å². The van der Waals surface area contributed by atoms with Gasteiger partial charge in [0.05, 0.1) is 0 Å². The molecule has 0 unspecified atom stereocenters. The Labute approximate surface area is 115 Å². The lowest BCUT2D eigenvalue weighted by Crippen LogP contribution is -2.13. The van der Waals surface area contributed by atoms with E-state index in [2.05, 4.69) is 0 Å². The van der Waals surface area contributed by atoms with Crippen LogP contribution in [0.2, 0.25) is 0 Å². The van der Waals surface area contributed by atoms with E-state index in [1.165, 1.54) is 0 Å². The molecule has 20 heavy (non-hydrogen) atoms.